The summed E-state index contributed by atoms with van der Waals surface area (Å²) in [6, 6.07) is 8.35. The third-order valence-corrected chi connectivity index (χ3v) is 4.65. The van der Waals surface area contributed by atoms with Crippen LogP contribution >= 0.6 is 24.0 Å². The van der Waals surface area contributed by atoms with Crippen LogP contribution in [0.25, 0.3) is 0 Å². The Morgan fingerprint density at radius 3 is 2.44 bits per heavy atom. The Morgan fingerprint density at radius 2 is 1.81 bits per heavy atom. The highest BCUT2D eigenvalue weighted by Gasteiger charge is 2.21. The molecule has 154 valence electrons. The monoisotopic (exact) mass is 491 g/mol. The highest BCUT2D eigenvalue weighted by atomic mass is 127. The Morgan fingerprint density at radius 1 is 1.11 bits per heavy atom. The minimum atomic E-state index is 0. The molecule has 1 aromatic carbocycles. The SMILES string of the molecule is CN=C(NCc1ccccc1COC)N1CCC(OCCCOC)CC1.I. The van der Waals surface area contributed by atoms with E-state index in [2.05, 4.69) is 33.4 Å². The van der Waals surface area contributed by atoms with Crippen molar-refractivity contribution in [1.82, 2.24) is 10.2 Å². The van der Waals surface area contributed by atoms with Gasteiger partial charge in [-0.25, -0.2) is 0 Å². The maximum atomic E-state index is 5.94. The van der Waals surface area contributed by atoms with Gasteiger partial charge in [-0.2, -0.15) is 0 Å². The summed E-state index contributed by atoms with van der Waals surface area (Å²) in [5.74, 6) is 0.954. The van der Waals surface area contributed by atoms with E-state index in [1.165, 1.54) is 11.1 Å². The van der Waals surface area contributed by atoms with E-state index in [1.54, 1.807) is 14.2 Å². The van der Waals surface area contributed by atoms with Crippen LogP contribution in [0.5, 0.6) is 0 Å². The summed E-state index contributed by atoms with van der Waals surface area (Å²) in [7, 11) is 5.30. The van der Waals surface area contributed by atoms with E-state index in [4.69, 9.17) is 14.2 Å². The van der Waals surface area contributed by atoms with E-state index >= 15 is 0 Å². The molecule has 0 aliphatic carbocycles. The fraction of sp³-hybridized carbons (Fsp3) is 0.650. The molecule has 2 rings (SSSR count). The van der Waals surface area contributed by atoms with Crippen LogP contribution < -0.4 is 5.32 Å². The lowest BCUT2D eigenvalue weighted by atomic mass is 10.1. The van der Waals surface area contributed by atoms with Crippen molar-refractivity contribution in [2.24, 2.45) is 4.99 Å². The summed E-state index contributed by atoms with van der Waals surface area (Å²) in [5, 5.41) is 3.49. The van der Waals surface area contributed by atoms with Gasteiger partial charge in [0.15, 0.2) is 5.96 Å². The molecule has 0 amide bonds. The molecule has 0 aromatic heterocycles. The predicted molar refractivity (Wildman–Crippen MR) is 120 cm³/mol. The number of halogens is 1. The zero-order chi connectivity index (χ0) is 18.6. The quantitative estimate of drug-likeness (QED) is 0.249. The first-order valence-corrected chi connectivity index (χ1v) is 9.40. The summed E-state index contributed by atoms with van der Waals surface area (Å²) in [4.78, 5) is 6.77. The number of ether oxygens (including phenoxy) is 3. The number of benzene rings is 1. The lowest BCUT2D eigenvalue weighted by Gasteiger charge is -2.34. The van der Waals surface area contributed by atoms with E-state index in [9.17, 15) is 0 Å². The fourth-order valence-corrected chi connectivity index (χ4v) is 3.22. The molecule has 1 N–H and O–H groups in total. The van der Waals surface area contributed by atoms with Gasteiger partial charge in [-0.15, -0.1) is 24.0 Å². The van der Waals surface area contributed by atoms with Crippen LogP contribution in [0.1, 0.15) is 30.4 Å². The van der Waals surface area contributed by atoms with Crippen molar-refractivity contribution in [1.29, 1.82) is 0 Å². The number of hydrogen-bond acceptors (Lipinski definition) is 4. The number of aliphatic imine (C=N–C) groups is 1. The Kier molecular flexibility index (Phi) is 12.6. The van der Waals surface area contributed by atoms with Gasteiger partial charge in [0, 0.05) is 54.1 Å². The van der Waals surface area contributed by atoms with Crippen molar-refractivity contribution in [2.75, 3.05) is 47.6 Å². The highest BCUT2D eigenvalue weighted by molar-refractivity contribution is 14.0. The van der Waals surface area contributed by atoms with E-state index in [-0.39, 0.29) is 24.0 Å². The average Bonchev–Trinajstić information content (AvgIpc) is 2.68. The maximum Gasteiger partial charge on any atom is 0.193 e. The molecule has 27 heavy (non-hydrogen) atoms. The van der Waals surface area contributed by atoms with Crippen LogP contribution in [0.2, 0.25) is 0 Å². The van der Waals surface area contributed by atoms with Crippen LogP contribution in [0.4, 0.5) is 0 Å². The van der Waals surface area contributed by atoms with Gasteiger partial charge < -0.3 is 24.4 Å². The van der Waals surface area contributed by atoms with Crippen LogP contribution in [-0.2, 0) is 27.4 Å². The lowest BCUT2D eigenvalue weighted by Crippen LogP contribution is -2.46. The van der Waals surface area contributed by atoms with Gasteiger partial charge in [-0.05, 0) is 30.4 Å². The van der Waals surface area contributed by atoms with Gasteiger partial charge in [0.25, 0.3) is 0 Å². The van der Waals surface area contributed by atoms with Gasteiger partial charge in [0.1, 0.15) is 0 Å². The van der Waals surface area contributed by atoms with E-state index in [1.807, 2.05) is 13.1 Å². The molecule has 1 aromatic rings. The number of methoxy groups -OCH3 is 2. The molecule has 1 aliphatic heterocycles. The molecule has 1 aliphatic rings. The second kappa shape index (κ2) is 14.1. The van der Waals surface area contributed by atoms with Crippen molar-refractivity contribution in [3.05, 3.63) is 35.4 Å². The molecule has 0 radical (unpaired) electrons. The van der Waals surface area contributed by atoms with Gasteiger partial charge >= 0.3 is 0 Å². The first kappa shape index (κ1) is 24.1. The predicted octanol–water partition coefficient (Wildman–Crippen LogP) is 3.04. The third-order valence-electron chi connectivity index (χ3n) is 4.65. The molecule has 0 bridgehead atoms. The van der Waals surface area contributed by atoms with Crippen molar-refractivity contribution in [3.63, 3.8) is 0 Å². The van der Waals surface area contributed by atoms with Crippen LogP contribution in [0, 0.1) is 0 Å². The largest absolute Gasteiger partial charge is 0.385 e. The number of rotatable bonds is 9. The zero-order valence-corrected chi connectivity index (χ0v) is 19.1. The van der Waals surface area contributed by atoms with Crippen molar-refractivity contribution in [2.45, 2.75) is 38.5 Å². The van der Waals surface area contributed by atoms with Gasteiger partial charge in [0.05, 0.1) is 12.7 Å². The molecule has 7 heteroatoms. The number of nitrogens with one attached hydrogen (secondary N) is 1. The van der Waals surface area contributed by atoms with Crippen molar-refractivity contribution in [3.8, 4) is 0 Å². The molecular weight excluding hydrogens is 457 g/mol. The molecular formula is C20H34IN3O3. The Labute approximate surface area is 180 Å². The van der Waals surface area contributed by atoms with Crippen molar-refractivity contribution < 1.29 is 14.2 Å². The Balaban J connectivity index is 0.00000364. The zero-order valence-electron chi connectivity index (χ0n) is 16.8. The summed E-state index contributed by atoms with van der Waals surface area (Å²) in [5.41, 5.74) is 2.45. The average molecular weight is 491 g/mol. The number of piperidine rings is 1. The van der Waals surface area contributed by atoms with Crippen LogP contribution in [0.15, 0.2) is 29.3 Å². The molecule has 1 saturated heterocycles. The second-order valence-corrected chi connectivity index (χ2v) is 6.51. The lowest BCUT2D eigenvalue weighted by molar-refractivity contribution is 0.00989. The molecule has 1 heterocycles. The van der Waals surface area contributed by atoms with Gasteiger partial charge in [0.2, 0.25) is 0 Å². The van der Waals surface area contributed by atoms with Crippen LogP contribution in [0.3, 0.4) is 0 Å². The van der Waals surface area contributed by atoms with Gasteiger partial charge in [-0.3, -0.25) is 4.99 Å². The standard InChI is InChI=1S/C20H33N3O3.HI/c1-21-20(22-15-17-7-4-5-8-18(17)16-25-3)23-11-9-19(10-12-23)26-14-6-13-24-2;/h4-5,7-8,19H,6,9-16H2,1-3H3,(H,21,22);1H. The Hall–Kier alpha value is -0.900. The highest BCUT2D eigenvalue weighted by Crippen LogP contribution is 2.15. The fourth-order valence-electron chi connectivity index (χ4n) is 3.22. The smallest absolute Gasteiger partial charge is 0.193 e. The number of hydrogen-bond donors (Lipinski definition) is 1. The first-order chi connectivity index (χ1) is 12.8. The van der Waals surface area contributed by atoms with Crippen molar-refractivity contribution >= 4 is 29.9 Å². The summed E-state index contributed by atoms with van der Waals surface area (Å²) < 4.78 is 16.3. The maximum absolute atomic E-state index is 5.94. The Bertz CT molecular complexity index is 549. The number of guanidine groups is 1. The summed E-state index contributed by atoms with van der Waals surface area (Å²) in [6.45, 7) is 4.85. The normalized spacial score (nSPS) is 15.5. The van der Waals surface area contributed by atoms with Crippen LogP contribution in [-0.4, -0.2) is 64.5 Å². The van der Waals surface area contributed by atoms with E-state index in [0.717, 1.165) is 58.1 Å². The third kappa shape index (κ3) is 8.33. The summed E-state index contributed by atoms with van der Waals surface area (Å²) in [6.07, 6.45) is 3.38. The molecule has 0 atom stereocenters. The minimum Gasteiger partial charge on any atom is -0.385 e. The summed E-state index contributed by atoms with van der Waals surface area (Å²) >= 11 is 0. The molecule has 0 spiro atoms. The topological polar surface area (TPSA) is 55.3 Å². The van der Waals surface area contributed by atoms with Gasteiger partial charge in [-0.1, -0.05) is 24.3 Å². The van der Waals surface area contributed by atoms with E-state index < -0.39 is 0 Å². The second-order valence-electron chi connectivity index (χ2n) is 6.51. The molecule has 6 nitrogen and oxygen atoms in total. The molecule has 1 fully saturated rings. The number of likely N-dealkylation sites (tertiary alicyclic amines) is 1. The minimum absolute atomic E-state index is 0. The first-order valence-electron chi connectivity index (χ1n) is 9.40. The number of nitrogens with zero attached hydrogens (tertiary/aromatic N) is 2. The molecule has 0 unspecified atom stereocenters. The molecule has 0 saturated carbocycles. The van der Waals surface area contributed by atoms with E-state index in [0.29, 0.717) is 12.7 Å².